The van der Waals surface area contributed by atoms with Gasteiger partial charge < -0.3 is 14.2 Å². The van der Waals surface area contributed by atoms with Gasteiger partial charge in [0, 0.05) is 6.07 Å². The molecule has 4 aromatic carbocycles. The first kappa shape index (κ1) is 33.7. The van der Waals surface area contributed by atoms with Gasteiger partial charge in [0.25, 0.3) is 22.5 Å². The molecular formula is C33H36N2O8S2. The number of nitrogens with zero attached hydrogens (tertiary/aromatic N) is 2. The first-order valence-electron chi connectivity index (χ1n) is 14.3. The lowest BCUT2D eigenvalue weighted by Crippen LogP contribution is -2.22. The van der Waals surface area contributed by atoms with Gasteiger partial charge in [-0.1, -0.05) is 55.2 Å². The number of hydrogen-bond acceptors (Lipinski definition) is 6. The molecule has 0 saturated carbocycles. The van der Waals surface area contributed by atoms with Gasteiger partial charge in [-0.05, 0) is 74.9 Å². The van der Waals surface area contributed by atoms with E-state index in [4.69, 9.17) is 14.2 Å². The number of rotatable bonds is 14. The molecule has 0 bridgehead atoms. The number of unbranched alkanes of at least 4 members (excludes halogenated alkanes) is 2. The van der Waals surface area contributed by atoms with Crippen LogP contribution in [0.5, 0.6) is 17.2 Å². The van der Waals surface area contributed by atoms with Gasteiger partial charge in [0.1, 0.15) is 17.2 Å². The number of ether oxygens (including phenoxy) is 3. The Labute approximate surface area is 268 Å². The van der Waals surface area contributed by atoms with E-state index < -0.39 is 28.5 Å². The maximum absolute atomic E-state index is 12.9. The first-order valence-corrected chi connectivity index (χ1v) is 16.4. The zero-order valence-corrected chi connectivity index (χ0v) is 27.1. The van der Waals surface area contributed by atoms with Crippen LogP contribution in [0.15, 0.2) is 84.9 Å². The average molecular weight is 653 g/mol. The summed E-state index contributed by atoms with van der Waals surface area (Å²) in [5.74, 6) is 0.184. The molecule has 4 aromatic rings. The van der Waals surface area contributed by atoms with Crippen molar-refractivity contribution in [3.63, 3.8) is 0 Å². The molecule has 10 nitrogen and oxygen atoms in total. The normalized spacial score (nSPS) is 12.2. The maximum Gasteiger partial charge on any atom is 0.340 e. The van der Waals surface area contributed by atoms with E-state index in [1.54, 1.807) is 60.7 Å². The Kier molecular flexibility index (Phi) is 11.7. The number of carbonyl (C=O) groups is 1. The fourth-order valence-corrected chi connectivity index (χ4v) is 5.78. The Hall–Kier alpha value is -4.23. The first-order chi connectivity index (χ1) is 21.6. The van der Waals surface area contributed by atoms with Crippen LogP contribution in [-0.4, -0.2) is 37.2 Å². The molecule has 0 radical (unpaired) electrons. The van der Waals surface area contributed by atoms with Crippen molar-refractivity contribution in [2.24, 2.45) is 0 Å². The summed E-state index contributed by atoms with van der Waals surface area (Å²) in [4.78, 5) is 12.9. The third-order valence-electron chi connectivity index (χ3n) is 6.83. The molecule has 0 spiro atoms. The van der Waals surface area contributed by atoms with Crippen molar-refractivity contribution < 1.29 is 36.5 Å². The van der Waals surface area contributed by atoms with Crippen molar-refractivity contribution in [3.05, 3.63) is 102 Å². The zero-order chi connectivity index (χ0) is 32.5. The van der Waals surface area contributed by atoms with Crippen LogP contribution in [0.1, 0.15) is 47.7 Å². The van der Waals surface area contributed by atoms with Gasteiger partial charge in [-0.15, -0.1) is 0 Å². The molecule has 0 aromatic heterocycles. The molecule has 0 saturated heterocycles. The van der Waals surface area contributed by atoms with Gasteiger partial charge >= 0.3 is 5.97 Å². The van der Waals surface area contributed by atoms with E-state index in [0.29, 0.717) is 35.2 Å². The zero-order valence-electron chi connectivity index (χ0n) is 25.5. The number of carbonyl (C=O) groups excluding carboxylic acids is 1. The van der Waals surface area contributed by atoms with E-state index in [1.165, 1.54) is 23.5 Å². The second kappa shape index (κ2) is 15.7. The molecule has 45 heavy (non-hydrogen) atoms. The summed E-state index contributed by atoms with van der Waals surface area (Å²) in [6.07, 6.45) is 2.75. The lowest BCUT2D eigenvalue weighted by Gasteiger charge is -2.24. The second-order valence-corrected chi connectivity index (χ2v) is 11.8. The smallest absolute Gasteiger partial charge is 0.340 e. The van der Waals surface area contributed by atoms with Crippen LogP contribution in [0.4, 0.5) is 22.7 Å². The summed E-state index contributed by atoms with van der Waals surface area (Å²) >= 11 is -4.91. The van der Waals surface area contributed by atoms with Crippen LogP contribution in [0.2, 0.25) is 0 Å². The Bertz CT molecular complexity index is 1660. The van der Waals surface area contributed by atoms with Gasteiger partial charge in [-0.25, -0.2) is 21.8 Å². The van der Waals surface area contributed by atoms with E-state index in [0.717, 1.165) is 34.7 Å². The predicted octanol–water partition coefficient (Wildman–Crippen LogP) is 8.00. The number of hydrogen-bond donors (Lipinski definition) is 2. The minimum Gasteiger partial charge on any atom is -0.491 e. The molecule has 0 aliphatic carbocycles. The Morgan fingerprint density at radius 2 is 1.24 bits per heavy atom. The Morgan fingerprint density at radius 1 is 0.733 bits per heavy atom. The van der Waals surface area contributed by atoms with E-state index in [1.807, 2.05) is 26.0 Å². The van der Waals surface area contributed by atoms with Gasteiger partial charge in [0.15, 0.2) is 0 Å². The summed E-state index contributed by atoms with van der Waals surface area (Å²) in [5, 5.41) is 0. The van der Waals surface area contributed by atoms with Crippen LogP contribution >= 0.6 is 0 Å². The van der Waals surface area contributed by atoms with Gasteiger partial charge in [-0.2, -0.15) is 0 Å². The number of methoxy groups -OCH3 is 1. The number of aryl methyl sites for hydroxylation is 2. The van der Waals surface area contributed by atoms with Gasteiger partial charge in [0.2, 0.25) is 0 Å². The minimum absolute atomic E-state index is 0.00635. The summed E-state index contributed by atoms with van der Waals surface area (Å²) in [6.45, 7) is 6.30. The topological polar surface area (TPSA) is 126 Å². The summed E-state index contributed by atoms with van der Waals surface area (Å²) in [7, 11) is 1.22. The molecule has 2 atom stereocenters. The minimum atomic E-state index is -2.50. The van der Waals surface area contributed by atoms with Crippen molar-refractivity contribution in [1.29, 1.82) is 0 Å². The molecule has 4 rings (SSSR count). The highest BCUT2D eigenvalue weighted by atomic mass is 32.2. The van der Waals surface area contributed by atoms with E-state index in [2.05, 4.69) is 6.92 Å². The van der Waals surface area contributed by atoms with Crippen molar-refractivity contribution in [2.75, 3.05) is 22.3 Å². The van der Waals surface area contributed by atoms with E-state index in [9.17, 15) is 22.3 Å². The highest BCUT2D eigenvalue weighted by Gasteiger charge is 2.25. The fourth-order valence-electron chi connectivity index (χ4n) is 4.53. The van der Waals surface area contributed by atoms with Crippen molar-refractivity contribution in [2.45, 2.75) is 40.0 Å². The SMILES string of the molecule is CCCCCOc1cc(Oc2ccc(N(c3ccc(C)cc3)S(=O)O)c(C(=O)OC)c2)ccc1N(c1ccc(C)cc1)S(=O)O. The summed E-state index contributed by atoms with van der Waals surface area (Å²) in [6, 6.07) is 23.5. The van der Waals surface area contributed by atoms with E-state index >= 15 is 0 Å². The largest absolute Gasteiger partial charge is 0.491 e. The molecule has 2 unspecified atom stereocenters. The number of benzene rings is 4. The number of esters is 1. The van der Waals surface area contributed by atoms with Crippen molar-refractivity contribution in [1.82, 2.24) is 0 Å². The molecule has 0 fully saturated rings. The lowest BCUT2D eigenvalue weighted by molar-refractivity contribution is 0.0601. The quantitative estimate of drug-likeness (QED) is 0.0797. The van der Waals surface area contributed by atoms with Crippen LogP contribution in [0.25, 0.3) is 0 Å². The molecule has 0 amide bonds. The van der Waals surface area contributed by atoms with E-state index in [-0.39, 0.29) is 17.0 Å². The highest BCUT2D eigenvalue weighted by molar-refractivity contribution is 7.81. The summed E-state index contributed by atoms with van der Waals surface area (Å²) < 4.78 is 65.0. The van der Waals surface area contributed by atoms with Crippen molar-refractivity contribution in [3.8, 4) is 17.2 Å². The maximum atomic E-state index is 12.9. The summed E-state index contributed by atoms with van der Waals surface area (Å²) in [5.41, 5.74) is 3.40. The molecule has 0 aliphatic rings. The fraction of sp³-hybridized carbons (Fsp3) is 0.242. The average Bonchev–Trinajstić information content (AvgIpc) is 3.02. The van der Waals surface area contributed by atoms with Crippen LogP contribution in [0.3, 0.4) is 0 Å². The Morgan fingerprint density at radius 3 is 1.76 bits per heavy atom. The molecule has 0 aliphatic heterocycles. The molecule has 238 valence electrons. The van der Waals surface area contributed by atoms with Gasteiger partial charge in [0.05, 0.1) is 42.0 Å². The number of anilines is 4. The molecule has 0 heterocycles. The van der Waals surface area contributed by atoms with Crippen molar-refractivity contribution >= 4 is 51.3 Å². The Balaban J connectivity index is 1.72. The monoisotopic (exact) mass is 652 g/mol. The molecule has 2 N–H and O–H groups in total. The molecular weight excluding hydrogens is 617 g/mol. The second-order valence-electron chi connectivity index (χ2n) is 10.2. The molecule has 12 heteroatoms. The van der Waals surface area contributed by atoms with Crippen LogP contribution in [-0.2, 0) is 27.3 Å². The van der Waals surface area contributed by atoms with Gasteiger partial charge in [-0.3, -0.25) is 9.11 Å². The third-order valence-corrected chi connectivity index (χ3v) is 8.27. The highest BCUT2D eigenvalue weighted by Crippen LogP contribution is 2.40. The third kappa shape index (κ3) is 8.49. The van der Waals surface area contributed by atoms with Crippen LogP contribution < -0.4 is 18.1 Å². The standard InChI is InChI=1S/C33H36N2O8S2/c1-5-6-7-20-42-32-22-28(17-19-31(32)35(45(39)40)26-14-10-24(3)11-15-26)43-27-16-18-30(29(21-27)33(36)41-4)34(44(37)38)25-12-8-23(2)9-13-25/h8-19,21-22H,5-7,20H2,1-4H3,(H,37,38)(H,39,40). The predicted molar refractivity (Wildman–Crippen MR) is 177 cm³/mol. The lowest BCUT2D eigenvalue weighted by atomic mass is 10.1. The van der Waals surface area contributed by atoms with Crippen LogP contribution in [0, 0.1) is 13.8 Å².